The zero-order valence-electron chi connectivity index (χ0n) is 19.2. The summed E-state index contributed by atoms with van der Waals surface area (Å²) >= 11 is 1.89. The molecule has 6 heteroatoms. The van der Waals surface area contributed by atoms with Gasteiger partial charge in [0.25, 0.3) is 5.91 Å². The second-order valence-electron chi connectivity index (χ2n) is 9.35. The van der Waals surface area contributed by atoms with Crippen molar-refractivity contribution in [1.29, 1.82) is 0 Å². The van der Waals surface area contributed by atoms with Crippen LogP contribution in [-0.4, -0.2) is 37.1 Å². The lowest BCUT2D eigenvalue weighted by atomic mass is 9.72. The van der Waals surface area contributed by atoms with Crippen LogP contribution in [0.2, 0.25) is 0 Å². The van der Waals surface area contributed by atoms with Gasteiger partial charge in [-0.15, -0.1) is 11.3 Å². The van der Waals surface area contributed by atoms with Crippen molar-refractivity contribution in [2.75, 3.05) is 20.2 Å². The fourth-order valence-electron chi connectivity index (χ4n) is 5.99. The van der Waals surface area contributed by atoms with Gasteiger partial charge in [-0.1, -0.05) is 42.5 Å². The van der Waals surface area contributed by atoms with Crippen molar-refractivity contribution in [3.05, 3.63) is 94.8 Å². The number of carbonyl (C=O) groups excluding carboxylic acids is 1. The summed E-state index contributed by atoms with van der Waals surface area (Å²) in [6.45, 7) is 2.98. The number of hydrogen-bond acceptors (Lipinski definition) is 5. The van der Waals surface area contributed by atoms with Gasteiger partial charge in [0.2, 0.25) is 0 Å². The zero-order valence-corrected chi connectivity index (χ0v) is 20.0. The number of amides is 1. The minimum atomic E-state index is -0.203. The summed E-state index contributed by atoms with van der Waals surface area (Å²) < 4.78 is 12.8. The molecule has 1 saturated heterocycles. The van der Waals surface area contributed by atoms with Crippen LogP contribution in [0.15, 0.2) is 77.4 Å². The average Bonchev–Trinajstić information content (AvgIpc) is 3.59. The third kappa shape index (κ3) is 3.57. The Morgan fingerprint density at radius 1 is 1.12 bits per heavy atom. The molecule has 0 bridgehead atoms. The van der Waals surface area contributed by atoms with Crippen molar-refractivity contribution < 1.29 is 13.9 Å². The summed E-state index contributed by atoms with van der Waals surface area (Å²) in [5.74, 6) is 0.123. The van der Waals surface area contributed by atoms with Crippen LogP contribution in [0.25, 0.3) is 10.1 Å². The van der Waals surface area contributed by atoms with Gasteiger partial charge in [0.15, 0.2) is 5.76 Å². The highest BCUT2D eigenvalue weighted by atomic mass is 32.1. The lowest BCUT2D eigenvalue weighted by Gasteiger charge is -2.44. The van der Waals surface area contributed by atoms with Crippen molar-refractivity contribution in [3.63, 3.8) is 0 Å². The highest BCUT2D eigenvalue weighted by Crippen LogP contribution is 2.52. The van der Waals surface area contributed by atoms with Gasteiger partial charge in [-0.3, -0.25) is 9.69 Å². The molecule has 2 atom stereocenters. The maximum Gasteiger partial charge on any atom is 0.287 e. The second-order valence-corrected chi connectivity index (χ2v) is 10.5. The first-order valence-electron chi connectivity index (χ1n) is 11.8. The van der Waals surface area contributed by atoms with Gasteiger partial charge in [0.05, 0.1) is 18.4 Å². The lowest BCUT2D eigenvalue weighted by molar-refractivity contribution is -0.0122. The fourth-order valence-corrected chi connectivity index (χ4v) is 7.10. The summed E-state index contributed by atoms with van der Waals surface area (Å²) in [5, 5.41) is 4.54. The van der Waals surface area contributed by atoms with Gasteiger partial charge in [-0.2, -0.15) is 0 Å². The van der Waals surface area contributed by atoms with E-state index in [1.165, 1.54) is 26.8 Å². The number of furan rings is 1. The number of ether oxygens (including phenoxy) is 1. The van der Waals surface area contributed by atoms with Crippen molar-refractivity contribution in [3.8, 4) is 0 Å². The molecule has 1 aliphatic heterocycles. The van der Waals surface area contributed by atoms with E-state index in [9.17, 15) is 4.79 Å². The quantitative estimate of drug-likeness (QED) is 0.415. The van der Waals surface area contributed by atoms with E-state index in [4.69, 9.17) is 9.15 Å². The Bertz CT molecular complexity index is 1270. The third-order valence-corrected chi connectivity index (χ3v) is 8.67. The average molecular weight is 473 g/mol. The molecule has 2 aromatic heterocycles. The number of methoxy groups -OCH3 is 1. The fraction of sp³-hybridized carbons (Fsp3) is 0.321. The van der Waals surface area contributed by atoms with Crippen LogP contribution in [0.1, 0.15) is 45.4 Å². The molecule has 3 heterocycles. The normalized spacial score (nSPS) is 21.7. The van der Waals surface area contributed by atoms with Crippen LogP contribution in [0.3, 0.4) is 0 Å². The molecule has 1 amide bonds. The summed E-state index contributed by atoms with van der Waals surface area (Å²) in [5.41, 5.74) is 2.36. The molecule has 0 unspecified atom stereocenters. The number of nitrogens with one attached hydrogen (secondary N) is 1. The van der Waals surface area contributed by atoms with Gasteiger partial charge >= 0.3 is 0 Å². The molecular formula is C28H28N2O3S. The van der Waals surface area contributed by atoms with E-state index in [0.717, 1.165) is 38.0 Å². The number of thiophene rings is 1. The number of rotatable bonds is 5. The first-order valence-corrected chi connectivity index (χ1v) is 12.7. The molecule has 6 rings (SSSR count). The van der Waals surface area contributed by atoms with Gasteiger partial charge in [0, 0.05) is 28.6 Å². The van der Waals surface area contributed by atoms with Crippen molar-refractivity contribution in [1.82, 2.24) is 10.2 Å². The molecule has 0 saturated carbocycles. The van der Waals surface area contributed by atoms with E-state index in [-0.39, 0.29) is 23.5 Å². The Labute approximate surface area is 203 Å². The minimum Gasteiger partial charge on any atom is -0.459 e. The van der Waals surface area contributed by atoms with Gasteiger partial charge in [0.1, 0.15) is 0 Å². The van der Waals surface area contributed by atoms with Crippen LogP contribution >= 0.6 is 11.3 Å². The van der Waals surface area contributed by atoms with E-state index >= 15 is 0 Å². The first-order chi connectivity index (χ1) is 16.7. The zero-order chi connectivity index (χ0) is 23.1. The summed E-state index contributed by atoms with van der Waals surface area (Å²) in [6, 6.07) is 22.7. The molecule has 174 valence electrons. The Morgan fingerprint density at radius 3 is 2.68 bits per heavy atom. The molecule has 1 spiro atoms. The van der Waals surface area contributed by atoms with Crippen LogP contribution in [0.4, 0.5) is 0 Å². The Balaban J connectivity index is 1.23. The molecule has 5 nitrogen and oxygen atoms in total. The number of nitrogens with zero attached hydrogens (tertiary/aromatic N) is 1. The van der Waals surface area contributed by atoms with Gasteiger partial charge < -0.3 is 14.5 Å². The highest BCUT2D eigenvalue weighted by molar-refractivity contribution is 7.19. The topological polar surface area (TPSA) is 54.7 Å². The summed E-state index contributed by atoms with van der Waals surface area (Å²) in [7, 11) is 1.77. The van der Waals surface area contributed by atoms with Crippen LogP contribution in [-0.2, 0) is 16.7 Å². The van der Waals surface area contributed by atoms with Crippen LogP contribution < -0.4 is 5.32 Å². The number of piperidine rings is 1. The second kappa shape index (κ2) is 8.69. The van der Waals surface area contributed by atoms with Crippen molar-refractivity contribution in [2.45, 2.75) is 36.9 Å². The first kappa shape index (κ1) is 21.6. The van der Waals surface area contributed by atoms with E-state index in [2.05, 4.69) is 58.7 Å². The Morgan fingerprint density at radius 2 is 1.91 bits per heavy atom. The molecule has 1 aliphatic carbocycles. The van der Waals surface area contributed by atoms with Gasteiger partial charge in [-0.25, -0.2) is 0 Å². The molecular weight excluding hydrogens is 444 g/mol. The van der Waals surface area contributed by atoms with Crippen molar-refractivity contribution >= 4 is 27.3 Å². The molecule has 34 heavy (non-hydrogen) atoms. The predicted octanol–water partition coefficient (Wildman–Crippen LogP) is 5.53. The number of carbonyl (C=O) groups is 1. The van der Waals surface area contributed by atoms with E-state index in [1.807, 2.05) is 17.4 Å². The lowest BCUT2D eigenvalue weighted by Crippen LogP contribution is -2.50. The number of benzene rings is 2. The standard InChI is InChI=1S/C28H28N2O3S/c1-32-26-25(29-27(31)23-10-6-16-33-23)21-8-3-4-9-22(21)28(26)12-14-30(15-13-28)18-20-17-19-7-2-5-11-24(19)34-20/h2-11,16-17,25-26H,12-15,18H2,1H3,(H,29,31)/t25-,26+/m0/s1. The van der Waals surface area contributed by atoms with E-state index in [0.29, 0.717) is 5.76 Å². The molecule has 2 aliphatic rings. The molecule has 1 fully saturated rings. The van der Waals surface area contributed by atoms with Crippen LogP contribution in [0, 0.1) is 0 Å². The SMILES string of the molecule is CO[C@@H]1[C@@H](NC(=O)c2ccco2)c2ccccc2C12CCN(Cc1cc3ccccc3s1)CC2. The van der Waals surface area contributed by atoms with E-state index in [1.54, 1.807) is 19.2 Å². The van der Waals surface area contributed by atoms with E-state index < -0.39 is 0 Å². The maximum atomic E-state index is 12.9. The van der Waals surface area contributed by atoms with Crippen molar-refractivity contribution in [2.24, 2.45) is 0 Å². The Hall–Kier alpha value is -2.93. The number of likely N-dealkylation sites (tertiary alicyclic amines) is 1. The summed E-state index contributed by atoms with van der Waals surface area (Å²) in [6.07, 6.45) is 3.41. The molecule has 2 aromatic carbocycles. The molecule has 4 aromatic rings. The highest BCUT2D eigenvalue weighted by Gasteiger charge is 2.54. The maximum absolute atomic E-state index is 12.9. The largest absolute Gasteiger partial charge is 0.459 e. The minimum absolute atomic E-state index is 0.108. The van der Waals surface area contributed by atoms with Gasteiger partial charge in [-0.05, 0) is 66.7 Å². The summed E-state index contributed by atoms with van der Waals surface area (Å²) in [4.78, 5) is 16.8. The van der Waals surface area contributed by atoms with Crippen LogP contribution in [0.5, 0.6) is 0 Å². The Kier molecular flexibility index (Phi) is 5.52. The smallest absolute Gasteiger partial charge is 0.287 e. The predicted molar refractivity (Wildman–Crippen MR) is 134 cm³/mol. The number of hydrogen-bond donors (Lipinski definition) is 1. The third-order valence-electron chi connectivity index (χ3n) is 7.57. The number of fused-ring (bicyclic) bond motifs is 3. The molecule has 0 radical (unpaired) electrons. The molecule has 1 N–H and O–H groups in total. The monoisotopic (exact) mass is 472 g/mol.